The Labute approximate surface area is 119 Å². The maximum atomic E-state index is 11.5. The van der Waals surface area contributed by atoms with Crippen LogP contribution < -0.4 is 10.6 Å². The third kappa shape index (κ3) is 6.33. The number of carbonyl (C=O) groups is 2. The highest BCUT2D eigenvalue weighted by atomic mass is 16.5. The van der Waals surface area contributed by atoms with Crippen LogP contribution in [0.15, 0.2) is 24.3 Å². The normalized spacial score (nSPS) is 10.1. The van der Waals surface area contributed by atoms with Crippen molar-refractivity contribution in [2.45, 2.75) is 26.8 Å². The van der Waals surface area contributed by atoms with Gasteiger partial charge >= 0.3 is 11.8 Å². The van der Waals surface area contributed by atoms with Gasteiger partial charge in [-0.25, -0.2) is 0 Å². The van der Waals surface area contributed by atoms with Crippen LogP contribution in [-0.4, -0.2) is 31.6 Å². The van der Waals surface area contributed by atoms with Crippen molar-refractivity contribution in [1.29, 1.82) is 0 Å². The Hall–Kier alpha value is -1.88. The highest BCUT2D eigenvalue weighted by molar-refractivity contribution is 6.35. The molecule has 0 aliphatic rings. The van der Waals surface area contributed by atoms with Crippen LogP contribution in [0.3, 0.4) is 0 Å². The first-order valence-electron chi connectivity index (χ1n) is 6.82. The molecule has 0 fully saturated rings. The third-order valence-electron chi connectivity index (χ3n) is 2.74. The lowest BCUT2D eigenvalue weighted by Crippen LogP contribution is -2.40. The van der Waals surface area contributed by atoms with Crippen LogP contribution in [-0.2, 0) is 20.9 Å². The van der Waals surface area contributed by atoms with E-state index in [0.29, 0.717) is 32.7 Å². The van der Waals surface area contributed by atoms with Gasteiger partial charge in [-0.1, -0.05) is 29.8 Å². The number of hydrogen-bond acceptors (Lipinski definition) is 3. The molecule has 20 heavy (non-hydrogen) atoms. The smallest absolute Gasteiger partial charge is 0.309 e. The Balaban J connectivity index is 2.21. The monoisotopic (exact) mass is 278 g/mol. The Bertz CT molecular complexity index is 429. The number of rotatable bonds is 7. The van der Waals surface area contributed by atoms with Crippen molar-refractivity contribution in [3.63, 3.8) is 0 Å². The molecule has 110 valence electrons. The van der Waals surface area contributed by atoms with E-state index in [4.69, 9.17) is 4.74 Å². The van der Waals surface area contributed by atoms with Crippen molar-refractivity contribution < 1.29 is 14.3 Å². The van der Waals surface area contributed by atoms with E-state index in [1.54, 1.807) is 0 Å². The van der Waals surface area contributed by atoms with Crippen molar-refractivity contribution in [3.05, 3.63) is 35.4 Å². The predicted molar refractivity (Wildman–Crippen MR) is 77.1 cm³/mol. The molecule has 5 heteroatoms. The summed E-state index contributed by atoms with van der Waals surface area (Å²) in [6, 6.07) is 7.79. The molecule has 0 heterocycles. The molecule has 0 aliphatic carbocycles. The molecule has 0 spiro atoms. The van der Waals surface area contributed by atoms with Crippen molar-refractivity contribution in [2.24, 2.45) is 0 Å². The second-order valence-electron chi connectivity index (χ2n) is 4.47. The van der Waals surface area contributed by atoms with E-state index in [-0.39, 0.29) is 0 Å². The fourth-order valence-electron chi connectivity index (χ4n) is 1.57. The van der Waals surface area contributed by atoms with Crippen LogP contribution in [0.25, 0.3) is 0 Å². The summed E-state index contributed by atoms with van der Waals surface area (Å²) in [5, 5.41) is 5.14. The van der Waals surface area contributed by atoms with Crippen LogP contribution in [0.1, 0.15) is 24.5 Å². The molecule has 0 atom stereocenters. The number of amides is 2. The van der Waals surface area contributed by atoms with E-state index in [1.165, 1.54) is 0 Å². The average molecular weight is 278 g/mol. The van der Waals surface area contributed by atoms with Gasteiger partial charge in [-0.3, -0.25) is 9.59 Å². The number of benzene rings is 1. The maximum Gasteiger partial charge on any atom is 0.309 e. The van der Waals surface area contributed by atoms with E-state index in [0.717, 1.165) is 11.1 Å². The Morgan fingerprint density at radius 2 is 1.75 bits per heavy atom. The molecule has 1 rings (SSSR count). The topological polar surface area (TPSA) is 67.4 Å². The summed E-state index contributed by atoms with van der Waals surface area (Å²) in [6.07, 6.45) is 0.699. The van der Waals surface area contributed by atoms with Crippen LogP contribution >= 0.6 is 0 Å². The first kappa shape index (κ1) is 16.2. The second kappa shape index (κ2) is 9.09. The van der Waals surface area contributed by atoms with E-state index >= 15 is 0 Å². The molecule has 5 nitrogen and oxygen atoms in total. The Morgan fingerprint density at radius 3 is 2.40 bits per heavy atom. The van der Waals surface area contributed by atoms with Gasteiger partial charge in [0, 0.05) is 26.3 Å². The van der Waals surface area contributed by atoms with Crippen LogP contribution in [0.2, 0.25) is 0 Å². The first-order valence-corrected chi connectivity index (χ1v) is 6.82. The standard InChI is InChI=1S/C15H22N2O3/c1-3-20-10-4-9-16-14(18)15(19)17-11-13-7-5-12(2)6-8-13/h5-8H,3-4,9-11H2,1-2H3,(H,16,18)(H,17,19). The number of hydrogen-bond donors (Lipinski definition) is 2. The molecule has 0 saturated carbocycles. The van der Waals surface area contributed by atoms with Gasteiger partial charge in [-0.2, -0.15) is 0 Å². The molecule has 0 radical (unpaired) electrons. The lowest BCUT2D eigenvalue weighted by atomic mass is 10.1. The van der Waals surface area contributed by atoms with Gasteiger partial charge in [-0.15, -0.1) is 0 Å². The molecule has 0 unspecified atom stereocenters. The summed E-state index contributed by atoms with van der Waals surface area (Å²) in [5.74, 6) is -1.21. The minimum Gasteiger partial charge on any atom is -0.382 e. The van der Waals surface area contributed by atoms with E-state index in [1.807, 2.05) is 38.1 Å². The van der Waals surface area contributed by atoms with Gasteiger partial charge < -0.3 is 15.4 Å². The minimum absolute atomic E-state index is 0.353. The van der Waals surface area contributed by atoms with E-state index in [9.17, 15) is 9.59 Å². The minimum atomic E-state index is -0.609. The average Bonchev–Trinajstić information content (AvgIpc) is 2.46. The quantitative estimate of drug-likeness (QED) is 0.581. The zero-order valence-corrected chi connectivity index (χ0v) is 12.1. The summed E-state index contributed by atoms with van der Waals surface area (Å²) >= 11 is 0. The summed E-state index contributed by atoms with van der Waals surface area (Å²) in [7, 11) is 0. The molecule has 0 aliphatic heterocycles. The van der Waals surface area contributed by atoms with Crippen molar-refractivity contribution in [3.8, 4) is 0 Å². The molecule has 2 N–H and O–H groups in total. The van der Waals surface area contributed by atoms with Crippen molar-refractivity contribution in [1.82, 2.24) is 10.6 Å². The third-order valence-corrected chi connectivity index (χ3v) is 2.74. The van der Waals surface area contributed by atoms with E-state index in [2.05, 4.69) is 10.6 Å². The summed E-state index contributed by atoms with van der Waals surface area (Å²) < 4.78 is 5.14. The van der Waals surface area contributed by atoms with Crippen molar-refractivity contribution >= 4 is 11.8 Å². The van der Waals surface area contributed by atoms with Crippen molar-refractivity contribution in [2.75, 3.05) is 19.8 Å². The molecule has 0 bridgehead atoms. The number of aryl methyl sites for hydroxylation is 1. The molecule has 1 aromatic rings. The van der Waals surface area contributed by atoms with Gasteiger partial charge in [0.2, 0.25) is 0 Å². The predicted octanol–water partition coefficient (Wildman–Crippen LogP) is 1.15. The number of carbonyl (C=O) groups excluding carboxylic acids is 2. The molecule has 0 aromatic heterocycles. The Kier molecular flexibility index (Phi) is 7.35. The lowest BCUT2D eigenvalue weighted by Gasteiger charge is -2.07. The molecular formula is C15H22N2O3. The van der Waals surface area contributed by atoms with Gasteiger partial charge in [0.25, 0.3) is 0 Å². The SMILES string of the molecule is CCOCCCNC(=O)C(=O)NCc1ccc(C)cc1. The number of ether oxygens (including phenoxy) is 1. The highest BCUT2D eigenvalue weighted by Crippen LogP contribution is 2.02. The van der Waals surface area contributed by atoms with Crippen LogP contribution in [0.5, 0.6) is 0 Å². The summed E-state index contributed by atoms with van der Waals surface area (Å²) in [4.78, 5) is 23.0. The van der Waals surface area contributed by atoms with E-state index < -0.39 is 11.8 Å². The summed E-state index contributed by atoms with van der Waals surface area (Å²) in [6.45, 7) is 5.95. The Morgan fingerprint density at radius 1 is 1.10 bits per heavy atom. The fourth-order valence-corrected chi connectivity index (χ4v) is 1.57. The van der Waals surface area contributed by atoms with Gasteiger partial charge in [0.1, 0.15) is 0 Å². The van der Waals surface area contributed by atoms with Gasteiger partial charge in [-0.05, 0) is 25.8 Å². The largest absolute Gasteiger partial charge is 0.382 e. The number of nitrogens with one attached hydrogen (secondary N) is 2. The maximum absolute atomic E-state index is 11.5. The second-order valence-corrected chi connectivity index (χ2v) is 4.47. The molecular weight excluding hydrogens is 256 g/mol. The highest BCUT2D eigenvalue weighted by Gasteiger charge is 2.11. The van der Waals surface area contributed by atoms with Gasteiger partial charge in [0.05, 0.1) is 0 Å². The van der Waals surface area contributed by atoms with Gasteiger partial charge in [0.15, 0.2) is 0 Å². The molecule has 1 aromatic carbocycles. The van der Waals surface area contributed by atoms with Crippen LogP contribution in [0, 0.1) is 6.92 Å². The molecule has 2 amide bonds. The molecule has 0 saturated heterocycles. The summed E-state index contributed by atoms with van der Waals surface area (Å²) in [5.41, 5.74) is 2.13. The zero-order valence-electron chi connectivity index (χ0n) is 12.1. The van der Waals surface area contributed by atoms with Crippen LogP contribution in [0.4, 0.5) is 0 Å². The zero-order chi connectivity index (χ0) is 14.8. The lowest BCUT2D eigenvalue weighted by molar-refractivity contribution is -0.139. The first-order chi connectivity index (χ1) is 9.63. The fraction of sp³-hybridized carbons (Fsp3) is 0.467.